The topological polar surface area (TPSA) is 62.5 Å². The number of hydrogen-bond acceptors (Lipinski definition) is 3. The Kier molecular flexibility index (Phi) is 4.42. The molecule has 0 bridgehead atoms. The van der Waals surface area contributed by atoms with E-state index in [1.807, 2.05) is 19.1 Å². The quantitative estimate of drug-likeness (QED) is 0.844. The number of carboxylic acids is 1. The number of carbonyl (C=O) groups is 1. The second kappa shape index (κ2) is 6.05. The summed E-state index contributed by atoms with van der Waals surface area (Å²) < 4.78 is 5.48. The molecule has 4 heteroatoms. The first-order valence-electron chi connectivity index (χ1n) is 6.64. The molecule has 0 atom stereocenters. The van der Waals surface area contributed by atoms with Crippen molar-refractivity contribution in [3.63, 3.8) is 0 Å². The van der Waals surface area contributed by atoms with Crippen LogP contribution in [0.25, 0.3) is 0 Å². The fourth-order valence-electron chi connectivity index (χ4n) is 2.59. The highest BCUT2D eigenvalue weighted by Crippen LogP contribution is 2.28. The van der Waals surface area contributed by atoms with Crippen LogP contribution in [-0.4, -0.2) is 17.6 Å². The van der Waals surface area contributed by atoms with Gasteiger partial charge in [-0.3, -0.25) is 4.79 Å². The van der Waals surface area contributed by atoms with Gasteiger partial charge in [0.2, 0.25) is 0 Å². The summed E-state index contributed by atoms with van der Waals surface area (Å²) in [7, 11) is 0. The number of furan rings is 1. The Morgan fingerprint density at radius 2 is 2.11 bits per heavy atom. The van der Waals surface area contributed by atoms with Crippen molar-refractivity contribution in [1.29, 1.82) is 0 Å². The molecule has 4 nitrogen and oxygen atoms in total. The molecule has 0 amide bonds. The van der Waals surface area contributed by atoms with Crippen LogP contribution in [0.15, 0.2) is 16.5 Å². The van der Waals surface area contributed by atoms with Gasteiger partial charge in [0.25, 0.3) is 0 Å². The first-order valence-corrected chi connectivity index (χ1v) is 6.64. The minimum atomic E-state index is -0.632. The minimum Gasteiger partial charge on any atom is -0.481 e. The molecule has 18 heavy (non-hydrogen) atoms. The molecule has 1 aliphatic rings. The lowest BCUT2D eigenvalue weighted by molar-refractivity contribution is -0.143. The normalized spacial score (nSPS) is 24.1. The maximum Gasteiger partial charge on any atom is 0.306 e. The number of carboxylic acid groups (broad SMARTS) is 1. The molecule has 2 rings (SSSR count). The Morgan fingerprint density at radius 3 is 2.67 bits per heavy atom. The van der Waals surface area contributed by atoms with Gasteiger partial charge in [0.15, 0.2) is 0 Å². The van der Waals surface area contributed by atoms with Crippen LogP contribution >= 0.6 is 0 Å². The number of nitrogens with one attached hydrogen (secondary N) is 1. The van der Waals surface area contributed by atoms with Gasteiger partial charge in [-0.2, -0.15) is 0 Å². The van der Waals surface area contributed by atoms with Crippen LogP contribution < -0.4 is 5.32 Å². The molecule has 1 aliphatic carbocycles. The van der Waals surface area contributed by atoms with Gasteiger partial charge < -0.3 is 14.8 Å². The molecule has 1 saturated carbocycles. The van der Waals surface area contributed by atoms with E-state index in [4.69, 9.17) is 9.52 Å². The molecule has 0 saturated heterocycles. The molecule has 0 spiro atoms. The third-order valence-electron chi connectivity index (χ3n) is 3.72. The average Bonchev–Trinajstić information content (AvgIpc) is 2.76. The molecule has 0 unspecified atom stereocenters. The molecule has 1 aromatic rings. The predicted octanol–water partition coefficient (Wildman–Crippen LogP) is 2.57. The van der Waals surface area contributed by atoms with Crippen molar-refractivity contribution in [2.75, 3.05) is 6.54 Å². The Bertz CT molecular complexity index is 391. The lowest BCUT2D eigenvalue weighted by Crippen LogP contribution is -2.28. The number of rotatable bonds is 5. The molecule has 1 heterocycles. The summed E-state index contributed by atoms with van der Waals surface area (Å²) in [5.74, 6) is 1.76. The maximum atomic E-state index is 10.8. The molecular weight excluding hydrogens is 230 g/mol. The van der Waals surface area contributed by atoms with E-state index in [1.165, 1.54) is 0 Å². The largest absolute Gasteiger partial charge is 0.481 e. The monoisotopic (exact) mass is 251 g/mol. The van der Waals surface area contributed by atoms with Gasteiger partial charge in [0.05, 0.1) is 12.5 Å². The smallest absolute Gasteiger partial charge is 0.306 e. The Morgan fingerprint density at radius 1 is 1.39 bits per heavy atom. The van der Waals surface area contributed by atoms with Crippen LogP contribution in [-0.2, 0) is 11.3 Å². The van der Waals surface area contributed by atoms with E-state index < -0.39 is 5.97 Å². The van der Waals surface area contributed by atoms with Gasteiger partial charge in [-0.1, -0.05) is 0 Å². The van der Waals surface area contributed by atoms with Crippen LogP contribution in [0.5, 0.6) is 0 Å². The lowest BCUT2D eigenvalue weighted by atomic mass is 9.82. The summed E-state index contributed by atoms with van der Waals surface area (Å²) in [6.45, 7) is 3.65. The second-order valence-corrected chi connectivity index (χ2v) is 5.20. The lowest BCUT2D eigenvalue weighted by Gasteiger charge is -2.26. The molecule has 0 aromatic carbocycles. The van der Waals surface area contributed by atoms with Crippen molar-refractivity contribution in [2.45, 2.75) is 39.2 Å². The van der Waals surface area contributed by atoms with Gasteiger partial charge >= 0.3 is 5.97 Å². The summed E-state index contributed by atoms with van der Waals surface area (Å²) in [5, 5.41) is 12.3. The molecule has 1 aromatic heterocycles. The Balaban J connectivity index is 1.65. The van der Waals surface area contributed by atoms with Gasteiger partial charge in [0.1, 0.15) is 11.5 Å². The third kappa shape index (κ3) is 3.60. The van der Waals surface area contributed by atoms with E-state index in [9.17, 15) is 4.79 Å². The standard InChI is InChI=1S/C14H21NO3/c1-10-2-7-13(18-10)9-15-8-11-3-5-12(6-4-11)14(16)17/h2,7,11-12,15H,3-6,8-9H2,1H3,(H,16,17). The SMILES string of the molecule is Cc1ccc(CNCC2CCC(C(=O)O)CC2)o1. The second-order valence-electron chi connectivity index (χ2n) is 5.20. The molecule has 0 radical (unpaired) electrons. The minimum absolute atomic E-state index is 0.117. The predicted molar refractivity (Wildman–Crippen MR) is 68.2 cm³/mol. The molecule has 100 valence electrons. The van der Waals surface area contributed by atoms with E-state index >= 15 is 0 Å². The fraction of sp³-hybridized carbons (Fsp3) is 0.643. The van der Waals surface area contributed by atoms with E-state index in [0.717, 1.165) is 50.3 Å². The van der Waals surface area contributed by atoms with Crippen LogP contribution in [0.2, 0.25) is 0 Å². The van der Waals surface area contributed by atoms with Crippen molar-refractivity contribution in [2.24, 2.45) is 11.8 Å². The van der Waals surface area contributed by atoms with Crippen LogP contribution in [0.3, 0.4) is 0 Å². The van der Waals surface area contributed by atoms with Crippen molar-refractivity contribution >= 4 is 5.97 Å². The first kappa shape index (κ1) is 13.1. The first-order chi connectivity index (χ1) is 8.65. The average molecular weight is 251 g/mol. The van der Waals surface area contributed by atoms with Gasteiger partial charge in [0, 0.05) is 0 Å². The maximum absolute atomic E-state index is 10.8. The Hall–Kier alpha value is -1.29. The van der Waals surface area contributed by atoms with E-state index in [1.54, 1.807) is 0 Å². The number of aryl methyl sites for hydroxylation is 1. The fourth-order valence-corrected chi connectivity index (χ4v) is 2.59. The van der Waals surface area contributed by atoms with E-state index in [2.05, 4.69) is 5.32 Å². The summed E-state index contributed by atoms with van der Waals surface area (Å²) in [6.07, 6.45) is 3.67. The van der Waals surface area contributed by atoms with Crippen LogP contribution in [0, 0.1) is 18.8 Å². The summed E-state index contributed by atoms with van der Waals surface area (Å²) in [5.41, 5.74) is 0. The van der Waals surface area contributed by atoms with Gasteiger partial charge in [-0.15, -0.1) is 0 Å². The molecule has 2 N–H and O–H groups in total. The van der Waals surface area contributed by atoms with E-state index in [0.29, 0.717) is 5.92 Å². The van der Waals surface area contributed by atoms with Crippen LogP contribution in [0.1, 0.15) is 37.2 Å². The van der Waals surface area contributed by atoms with Gasteiger partial charge in [-0.25, -0.2) is 0 Å². The summed E-state index contributed by atoms with van der Waals surface area (Å²) in [4.78, 5) is 10.8. The summed E-state index contributed by atoms with van der Waals surface area (Å²) >= 11 is 0. The number of hydrogen-bond donors (Lipinski definition) is 2. The zero-order valence-corrected chi connectivity index (χ0v) is 10.8. The van der Waals surface area contributed by atoms with Crippen molar-refractivity contribution in [3.8, 4) is 0 Å². The molecular formula is C14H21NO3. The van der Waals surface area contributed by atoms with Crippen molar-refractivity contribution in [1.82, 2.24) is 5.32 Å². The number of aliphatic carboxylic acids is 1. The molecule has 0 aliphatic heterocycles. The zero-order valence-electron chi connectivity index (χ0n) is 10.8. The van der Waals surface area contributed by atoms with Crippen LogP contribution in [0.4, 0.5) is 0 Å². The van der Waals surface area contributed by atoms with Crippen molar-refractivity contribution < 1.29 is 14.3 Å². The third-order valence-corrected chi connectivity index (χ3v) is 3.72. The highest BCUT2D eigenvalue weighted by atomic mass is 16.4. The Labute approximate surface area is 107 Å². The molecule has 1 fully saturated rings. The van der Waals surface area contributed by atoms with Crippen molar-refractivity contribution in [3.05, 3.63) is 23.7 Å². The van der Waals surface area contributed by atoms with E-state index in [-0.39, 0.29) is 5.92 Å². The highest BCUT2D eigenvalue weighted by Gasteiger charge is 2.25. The highest BCUT2D eigenvalue weighted by molar-refractivity contribution is 5.69. The van der Waals surface area contributed by atoms with Gasteiger partial charge in [-0.05, 0) is 57.2 Å². The summed E-state index contributed by atoms with van der Waals surface area (Å²) in [6, 6.07) is 3.96. The zero-order chi connectivity index (χ0) is 13.0.